The molecule has 0 aromatic heterocycles. The maximum absolute atomic E-state index is 12.8. The Morgan fingerprint density at radius 2 is 1.07 bits per heavy atom. The molecule has 2 heterocycles. The zero-order valence-electron chi connectivity index (χ0n) is 28.4. The van der Waals surface area contributed by atoms with E-state index in [0.29, 0.717) is 5.57 Å². The standard InChI is InChI=1S/C14H24NO6P.C9H20IO4P.C5H5NO2/c1-10-8-11(16)15(12(10)17)9-19-22(18,20-13(2,3)4)21-14(5,6)7;1-8(2,3)13-15(11,12-7-10)14-9(4,5)6;1-3-2-4(7)6-5(3)8/h1,8-9H2,2-7H3;7H2,1-6H3;1-2H2,(H,6,7,8). The molecule has 4 amide bonds. The molecule has 0 radical (unpaired) electrons. The van der Waals surface area contributed by atoms with E-state index in [4.69, 9.17) is 27.1 Å². The first-order chi connectivity index (χ1) is 19.9. The molecule has 0 bridgehead atoms. The van der Waals surface area contributed by atoms with E-state index >= 15 is 0 Å². The van der Waals surface area contributed by atoms with Crippen molar-refractivity contribution in [3.8, 4) is 0 Å². The number of likely N-dealkylation sites (tertiary alicyclic amines) is 1. The van der Waals surface area contributed by atoms with Crippen molar-refractivity contribution >= 4 is 61.9 Å². The molecule has 0 saturated carbocycles. The Balaban J connectivity index is 0.000000721. The van der Waals surface area contributed by atoms with Crippen LogP contribution in [0.4, 0.5) is 0 Å². The molecule has 0 aromatic carbocycles. The summed E-state index contributed by atoms with van der Waals surface area (Å²) in [5.74, 6) is -1.58. The van der Waals surface area contributed by atoms with Crippen LogP contribution in [0, 0.1) is 0 Å². The quantitative estimate of drug-likeness (QED) is 0.0858. The first-order valence-corrected chi connectivity index (χ1v) is 18.3. The van der Waals surface area contributed by atoms with Crippen molar-refractivity contribution < 1.29 is 55.5 Å². The molecule has 0 aliphatic carbocycles. The number of imide groups is 2. The molecule has 0 atom stereocenters. The highest BCUT2D eigenvalue weighted by Gasteiger charge is 2.41. The lowest BCUT2D eigenvalue weighted by Crippen LogP contribution is -2.33. The summed E-state index contributed by atoms with van der Waals surface area (Å²) in [6, 6.07) is 0. The Morgan fingerprint density at radius 3 is 1.29 bits per heavy atom. The van der Waals surface area contributed by atoms with Gasteiger partial charge in [-0.2, -0.15) is 0 Å². The summed E-state index contributed by atoms with van der Waals surface area (Å²) in [5.41, 5.74) is -2.17. The van der Waals surface area contributed by atoms with E-state index in [1.165, 1.54) is 0 Å². The van der Waals surface area contributed by atoms with Crippen LogP contribution in [0.1, 0.15) is 95.9 Å². The first-order valence-electron chi connectivity index (χ1n) is 13.8. The minimum absolute atomic E-state index is 0.0627. The van der Waals surface area contributed by atoms with E-state index < -0.39 is 56.6 Å². The minimum Gasteiger partial charge on any atom is -0.292 e. The Labute approximate surface area is 280 Å². The predicted molar refractivity (Wildman–Crippen MR) is 177 cm³/mol. The molecule has 0 aromatic rings. The van der Waals surface area contributed by atoms with Gasteiger partial charge in [0.2, 0.25) is 11.8 Å². The first kappa shape index (κ1) is 43.7. The molecular formula is C28H49IN2O12P2. The van der Waals surface area contributed by atoms with Crippen LogP contribution in [0.2, 0.25) is 0 Å². The second-order valence-corrected chi connectivity index (χ2v) is 17.4. The molecule has 2 fully saturated rings. The van der Waals surface area contributed by atoms with Gasteiger partial charge >= 0.3 is 15.6 Å². The number of alkyl halides is 1. The largest absolute Gasteiger partial charge is 0.477 e. The van der Waals surface area contributed by atoms with Crippen molar-refractivity contribution in [2.75, 3.05) is 11.3 Å². The number of nitrogens with zero attached hydrogens (tertiary/aromatic N) is 1. The molecule has 17 heteroatoms. The fourth-order valence-electron chi connectivity index (χ4n) is 2.99. The van der Waals surface area contributed by atoms with Crippen molar-refractivity contribution in [1.29, 1.82) is 0 Å². The summed E-state index contributed by atoms with van der Waals surface area (Å²) < 4.78 is 57.0. The van der Waals surface area contributed by atoms with Gasteiger partial charge in [-0.25, -0.2) is 9.13 Å². The molecule has 0 unspecified atom stereocenters. The van der Waals surface area contributed by atoms with Gasteiger partial charge in [-0.15, -0.1) is 0 Å². The van der Waals surface area contributed by atoms with Gasteiger partial charge in [-0.05, 0) is 83.1 Å². The van der Waals surface area contributed by atoms with Gasteiger partial charge in [-0.3, -0.25) is 56.5 Å². The zero-order valence-corrected chi connectivity index (χ0v) is 32.3. The third-order valence-electron chi connectivity index (χ3n) is 4.26. The number of hydrogen-bond donors (Lipinski definition) is 1. The molecule has 0 spiro atoms. The number of amides is 4. The Bertz CT molecular complexity index is 1170. The Kier molecular flexibility index (Phi) is 16.2. The number of hydrogen-bond acceptors (Lipinski definition) is 12. The number of halogens is 1. The van der Waals surface area contributed by atoms with Gasteiger partial charge in [0.05, 0.1) is 35.2 Å². The van der Waals surface area contributed by atoms with Gasteiger partial charge in [-0.1, -0.05) is 35.7 Å². The predicted octanol–water partition coefficient (Wildman–Crippen LogP) is 6.74. The lowest BCUT2D eigenvalue weighted by atomic mass is 10.2. The summed E-state index contributed by atoms with van der Waals surface area (Å²) in [7, 11) is -7.43. The van der Waals surface area contributed by atoms with E-state index in [2.05, 4.69) is 18.5 Å². The van der Waals surface area contributed by atoms with Crippen LogP contribution in [0.3, 0.4) is 0 Å². The van der Waals surface area contributed by atoms with Gasteiger partial charge in [0, 0.05) is 11.1 Å². The Morgan fingerprint density at radius 1 is 0.689 bits per heavy atom. The van der Waals surface area contributed by atoms with E-state index in [9.17, 15) is 28.3 Å². The molecule has 14 nitrogen and oxygen atoms in total. The fraction of sp³-hybridized carbons (Fsp3) is 0.714. The van der Waals surface area contributed by atoms with Crippen LogP contribution < -0.4 is 5.32 Å². The molecule has 2 aliphatic rings. The maximum atomic E-state index is 12.8. The van der Waals surface area contributed by atoms with Crippen molar-refractivity contribution in [3.63, 3.8) is 0 Å². The number of phosphoric acid groups is 2. The number of rotatable bonds is 9. The summed E-state index contributed by atoms with van der Waals surface area (Å²) in [6.45, 7) is 27.4. The van der Waals surface area contributed by atoms with Crippen molar-refractivity contribution in [3.05, 3.63) is 24.3 Å². The van der Waals surface area contributed by atoms with Gasteiger partial charge in [0.15, 0.2) is 0 Å². The number of phosphoric ester groups is 2. The lowest BCUT2D eigenvalue weighted by Gasteiger charge is -2.31. The van der Waals surface area contributed by atoms with E-state index in [1.54, 1.807) is 41.5 Å². The monoisotopic (exact) mass is 794 g/mol. The Hall–Kier alpha value is -1.29. The molecule has 2 aliphatic heterocycles. The van der Waals surface area contributed by atoms with Crippen molar-refractivity contribution in [1.82, 2.24) is 10.2 Å². The molecule has 260 valence electrons. The number of carbonyl (C=O) groups excluding carboxylic acids is 4. The van der Waals surface area contributed by atoms with E-state index in [0.717, 1.165) is 4.90 Å². The highest BCUT2D eigenvalue weighted by Crippen LogP contribution is 2.56. The van der Waals surface area contributed by atoms with Crippen LogP contribution in [0.15, 0.2) is 24.3 Å². The fourth-order valence-corrected chi connectivity index (χ4v) is 7.36. The van der Waals surface area contributed by atoms with Gasteiger partial charge in [0.25, 0.3) is 11.8 Å². The summed E-state index contributed by atoms with van der Waals surface area (Å²) in [6.07, 6.45) is 0.103. The highest BCUT2D eigenvalue weighted by molar-refractivity contribution is 14.1. The lowest BCUT2D eigenvalue weighted by molar-refractivity contribution is -0.141. The second kappa shape index (κ2) is 16.7. The molecular weight excluding hydrogens is 745 g/mol. The second-order valence-electron chi connectivity index (χ2n) is 13.8. The third-order valence-corrected chi connectivity index (χ3v) is 9.02. The van der Waals surface area contributed by atoms with E-state index in [-0.39, 0.29) is 34.8 Å². The molecule has 2 rings (SSSR count). The summed E-state index contributed by atoms with van der Waals surface area (Å²) in [4.78, 5) is 44.9. The number of carbonyl (C=O) groups is 4. The third kappa shape index (κ3) is 19.2. The topological polar surface area (TPSA) is 173 Å². The van der Waals surface area contributed by atoms with Crippen LogP contribution in [0.25, 0.3) is 0 Å². The van der Waals surface area contributed by atoms with E-state index in [1.807, 2.05) is 64.1 Å². The van der Waals surface area contributed by atoms with Gasteiger partial charge in [0.1, 0.15) is 11.3 Å². The zero-order chi connectivity index (χ0) is 35.8. The average molecular weight is 795 g/mol. The summed E-state index contributed by atoms with van der Waals surface area (Å²) in [5, 5.41) is 2.09. The smallest absolute Gasteiger partial charge is 0.292 e. The average Bonchev–Trinajstić information content (AvgIpc) is 3.16. The molecule has 2 saturated heterocycles. The highest BCUT2D eigenvalue weighted by atomic mass is 127. The molecule has 1 N–H and O–H groups in total. The van der Waals surface area contributed by atoms with Crippen molar-refractivity contribution in [2.24, 2.45) is 0 Å². The normalized spacial score (nSPS) is 16.8. The maximum Gasteiger partial charge on any atom is 0.477 e. The van der Waals surface area contributed by atoms with Crippen molar-refractivity contribution in [2.45, 2.75) is 118 Å². The molecule has 45 heavy (non-hydrogen) atoms. The van der Waals surface area contributed by atoms with Crippen LogP contribution in [-0.2, 0) is 55.5 Å². The van der Waals surface area contributed by atoms with Crippen LogP contribution in [0.5, 0.6) is 0 Å². The van der Waals surface area contributed by atoms with Crippen LogP contribution in [-0.4, -0.2) is 62.3 Å². The SMILES string of the molecule is C=C1CC(=O)N(COP(=O)(OC(C)(C)C)OC(C)(C)C)C1=O.C=C1CC(=O)NC1=O.CC(C)(C)OP(=O)(OCI)OC(C)(C)C. The minimum atomic E-state index is -3.96. The summed E-state index contributed by atoms with van der Waals surface area (Å²) >= 11 is 1.96. The van der Waals surface area contributed by atoms with Crippen LogP contribution >= 0.6 is 38.2 Å². The van der Waals surface area contributed by atoms with Gasteiger partial charge < -0.3 is 0 Å². The number of nitrogens with one attached hydrogen (secondary N) is 1.